The summed E-state index contributed by atoms with van der Waals surface area (Å²) in [5, 5.41) is 7.89. The van der Waals surface area contributed by atoms with E-state index in [-0.39, 0.29) is 11.8 Å². The van der Waals surface area contributed by atoms with Crippen LogP contribution in [0.3, 0.4) is 0 Å². The van der Waals surface area contributed by atoms with Gasteiger partial charge in [0.05, 0.1) is 6.54 Å². The van der Waals surface area contributed by atoms with Crippen LogP contribution < -0.4 is 0 Å². The van der Waals surface area contributed by atoms with Gasteiger partial charge in [-0.05, 0) is 12.8 Å². The normalized spacial score (nSPS) is 20.7. The standard InChI is InChI=1S/C11H12N2O/c14-11(9-5-2-1-3-6-9)10-7-4-8-12-13-10/h1-3,5-6,10H,4,7-8H2. The van der Waals surface area contributed by atoms with Gasteiger partial charge in [0.2, 0.25) is 0 Å². The van der Waals surface area contributed by atoms with E-state index in [0.717, 1.165) is 24.9 Å². The van der Waals surface area contributed by atoms with Crippen molar-refractivity contribution in [2.24, 2.45) is 10.2 Å². The maximum atomic E-state index is 11.8. The van der Waals surface area contributed by atoms with Crippen molar-refractivity contribution < 1.29 is 4.79 Å². The van der Waals surface area contributed by atoms with Crippen molar-refractivity contribution in [1.82, 2.24) is 0 Å². The molecule has 1 unspecified atom stereocenters. The van der Waals surface area contributed by atoms with Crippen LogP contribution in [0.1, 0.15) is 23.2 Å². The molecule has 0 N–H and O–H groups in total. The van der Waals surface area contributed by atoms with E-state index < -0.39 is 0 Å². The number of nitrogens with zero attached hydrogens (tertiary/aromatic N) is 2. The Morgan fingerprint density at radius 3 is 2.71 bits per heavy atom. The molecule has 1 aromatic carbocycles. The topological polar surface area (TPSA) is 41.8 Å². The van der Waals surface area contributed by atoms with Crippen molar-refractivity contribution in [1.29, 1.82) is 0 Å². The second-order valence-electron chi connectivity index (χ2n) is 3.37. The van der Waals surface area contributed by atoms with Gasteiger partial charge >= 0.3 is 0 Å². The number of benzene rings is 1. The molecular weight excluding hydrogens is 176 g/mol. The van der Waals surface area contributed by atoms with Crippen LogP contribution in [0.15, 0.2) is 40.6 Å². The SMILES string of the molecule is O=C(c1ccccc1)C1CCCN=N1. The quantitative estimate of drug-likeness (QED) is 0.657. The zero-order valence-electron chi connectivity index (χ0n) is 7.89. The van der Waals surface area contributed by atoms with Crippen LogP contribution in [-0.4, -0.2) is 18.4 Å². The maximum Gasteiger partial charge on any atom is 0.189 e. The second-order valence-corrected chi connectivity index (χ2v) is 3.37. The third-order valence-corrected chi connectivity index (χ3v) is 2.32. The number of hydrogen-bond donors (Lipinski definition) is 0. The molecule has 1 aliphatic heterocycles. The summed E-state index contributed by atoms with van der Waals surface area (Å²) in [5.41, 5.74) is 0.735. The molecule has 2 rings (SSSR count). The smallest absolute Gasteiger partial charge is 0.189 e. The minimum atomic E-state index is -0.244. The number of carbonyl (C=O) groups is 1. The van der Waals surface area contributed by atoms with E-state index >= 15 is 0 Å². The van der Waals surface area contributed by atoms with Crippen LogP contribution >= 0.6 is 0 Å². The van der Waals surface area contributed by atoms with Crippen LogP contribution in [0.2, 0.25) is 0 Å². The Morgan fingerprint density at radius 2 is 2.07 bits per heavy atom. The summed E-state index contributed by atoms with van der Waals surface area (Å²) in [6.45, 7) is 0.762. The van der Waals surface area contributed by atoms with Crippen molar-refractivity contribution in [2.45, 2.75) is 18.9 Å². The first-order chi connectivity index (χ1) is 6.88. The Bertz CT molecular complexity index is 346. The van der Waals surface area contributed by atoms with Gasteiger partial charge in [0.25, 0.3) is 0 Å². The minimum absolute atomic E-state index is 0.0917. The predicted molar refractivity (Wildman–Crippen MR) is 53.5 cm³/mol. The molecule has 0 fully saturated rings. The van der Waals surface area contributed by atoms with E-state index in [9.17, 15) is 4.79 Å². The largest absolute Gasteiger partial charge is 0.292 e. The molecule has 0 amide bonds. The number of carbonyl (C=O) groups excluding carboxylic acids is 1. The van der Waals surface area contributed by atoms with Crippen LogP contribution in [0.25, 0.3) is 0 Å². The van der Waals surface area contributed by atoms with Gasteiger partial charge in [0.1, 0.15) is 6.04 Å². The van der Waals surface area contributed by atoms with Gasteiger partial charge in [-0.3, -0.25) is 4.79 Å². The molecule has 14 heavy (non-hydrogen) atoms. The number of azo groups is 1. The molecule has 1 aliphatic rings. The van der Waals surface area contributed by atoms with Gasteiger partial charge < -0.3 is 0 Å². The summed E-state index contributed by atoms with van der Waals surface area (Å²) in [4.78, 5) is 11.8. The van der Waals surface area contributed by atoms with Crippen LogP contribution in [0.4, 0.5) is 0 Å². The lowest BCUT2D eigenvalue weighted by Gasteiger charge is -2.12. The summed E-state index contributed by atoms with van der Waals surface area (Å²) in [5.74, 6) is 0.0917. The predicted octanol–water partition coefficient (Wildman–Crippen LogP) is 2.48. The zero-order valence-corrected chi connectivity index (χ0v) is 7.89. The van der Waals surface area contributed by atoms with Gasteiger partial charge in [0.15, 0.2) is 5.78 Å². The van der Waals surface area contributed by atoms with Gasteiger partial charge in [-0.2, -0.15) is 10.2 Å². The molecule has 0 saturated carbocycles. The Balaban J connectivity index is 2.16. The van der Waals surface area contributed by atoms with E-state index in [2.05, 4.69) is 10.2 Å². The van der Waals surface area contributed by atoms with E-state index in [1.54, 1.807) is 0 Å². The number of Topliss-reactive ketones (excluding diaryl/α,β-unsaturated/α-hetero) is 1. The Hall–Kier alpha value is -1.51. The molecule has 0 spiro atoms. The lowest BCUT2D eigenvalue weighted by Crippen LogP contribution is -2.20. The highest BCUT2D eigenvalue weighted by atomic mass is 16.1. The van der Waals surface area contributed by atoms with Gasteiger partial charge in [-0.1, -0.05) is 30.3 Å². The second kappa shape index (κ2) is 4.13. The van der Waals surface area contributed by atoms with Crippen molar-refractivity contribution in [2.75, 3.05) is 6.54 Å². The Kier molecular flexibility index (Phi) is 2.68. The zero-order chi connectivity index (χ0) is 9.80. The molecule has 3 heteroatoms. The van der Waals surface area contributed by atoms with Crippen molar-refractivity contribution in [3.63, 3.8) is 0 Å². The van der Waals surface area contributed by atoms with Crippen LogP contribution in [-0.2, 0) is 0 Å². The fourth-order valence-electron chi connectivity index (χ4n) is 1.55. The van der Waals surface area contributed by atoms with Gasteiger partial charge in [-0.25, -0.2) is 0 Å². The average Bonchev–Trinajstić information content (AvgIpc) is 2.30. The Labute approximate surface area is 82.9 Å². The fraction of sp³-hybridized carbons (Fsp3) is 0.364. The molecule has 0 aromatic heterocycles. The van der Waals surface area contributed by atoms with Gasteiger partial charge in [-0.15, -0.1) is 0 Å². The molecule has 1 atom stereocenters. The lowest BCUT2D eigenvalue weighted by molar-refractivity contribution is 0.0950. The summed E-state index contributed by atoms with van der Waals surface area (Å²) >= 11 is 0. The highest BCUT2D eigenvalue weighted by Gasteiger charge is 2.20. The van der Waals surface area contributed by atoms with Crippen molar-refractivity contribution >= 4 is 5.78 Å². The summed E-state index contributed by atoms with van der Waals surface area (Å²) in [6, 6.07) is 9.05. The molecule has 1 aromatic rings. The molecular formula is C11H12N2O. The first kappa shape index (κ1) is 9.06. The third kappa shape index (κ3) is 1.87. The highest BCUT2D eigenvalue weighted by molar-refractivity contribution is 6.00. The molecule has 72 valence electrons. The molecule has 0 aliphatic carbocycles. The molecule has 1 heterocycles. The Morgan fingerprint density at radius 1 is 1.29 bits per heavy atom. The fourth-order valence-corrected chi connectivity index (χ4v) is 1.55. The molecule has 0 saturated heterocycles. The van der Waals surface area contributed by atoms with E-state index in [0.29, 0.717) is 0 Å². The van der Waals surface area contributed by atoms with Crippen molar-refractivity contribution in [3.05, 3.63) is 35.9 Å². The number of rotatable bonds is 2. The molecule has 0 bridgehead atoms. The number of ketones is 1. The van der Waals surface area contributed by atoms with E-state index in [1.807, 2.05) is 30.3 Å². The summed E-state index contributed by atoms with van der Waals surface area (Å²) in [6.07, 6.45) is 1.80. The maximum absolute atomic E-state index is 11.8. The van der Waals surface area contributed by atoms with Crippen LogP contribution in [0, 0.1) is 0 Å². The van der Waals surface area contributed by atoms with E-state index in [1.165, 1.54) is 0 Å². The summed E-state index contributed by atoms with van der Waals surface area (Å²) < 4.78 is 0. The number of hydrogen-bond acceptors (Lipinski definition) is 3. The first-order valence-corrected chi connectivity index (χ1v) is 4.84. The molecule has 0 radical (unpaired) electrons. The third-order valence-electron chi connectivity index (χ3n) is 2.32. The first-order valence-electron chi connectivity index (χ1n) is 4.84. The molecule has 3 nitrogen and oxygen atoms in total. The van der Waals surface area contributed by atoms with Crippen molar-refractivity contribution in [3.8, 4) is 0 Å². The lowest BCUT2D eigenvalue weighted by atomic mass is 10.0. The monoisotopic (exact) mass is 188 g/mol. The highest BCUT2D eigenvalue weighted by Crippen LogP contribution is 2.14. The minimum Gasteiger partial charge on any atom is -0.292 e. The van der Waals surface area contributed by atoms with Gasteiger partial charge in [0, 0.05) is 5.56 Å². The van der Waals surface area contributed by atoms with E-state index in [4.69, 9.17) is 0 Å². The van der Waals surface area contributed by atoms with Crippen LogP contribution in [0.5, 0.6) is 0 Å². The average molecular weight is 188 g/mol. The summed E-state index contributed by atoms with van der Waals surface area (Å²) in [7, 11) is 0.